The molecule has 1 aliphatic rings. The molecule has 0 atom stereocenters. The van der Waals surface area contributed by atoms with Gasteiger partial charge < -0.3 is 9.73 Å². The zero-order chi connectivity index (χ0) is 21.1. The summed E-state index contributed by atoms with van der Waals surface area (Å²) in [5, 5.41) is 2.51. The van der Waals surface area contributed by atoms with E-state index in [2.05, 4.69) is 10.3 Å². The normalized spacial score (nSPS) is 14.7. The van der Waals surface area contributed by atoms with Gasteiger partial charge in [-0.2, -0.15) is 0 Å². The van der Waals surface area contributed by atoms with Crippen LogP contribution in [-0.4, -0.2) is 24.6 Å². The molecule has 0 bridgehead atoms. The number of nitrogens with zero attached hydrogens (tertiary/aromatic N) is 1. The van der Waals surface area contributed by atoms with Crippen molar-refractivity contribution in [2.75, 3.05) is 5.32 Å². The first-order valence-corrected chi connectivity index (χ1v) is 11.6. The highest BCUT2D eigenvalue weighted by atomic mass is 32.2. The molecule has 1 saturated carbocycles. The number of anilines is 1. The molecule has 0 aliphatic heterocycles. The van der Waals surface area contributed by atoms with Gasteiger partial charge in [-0.1, -0.05) is 31.0 Å². The maximum absolute atomic E-state index is 12.7. The summed E-state index contributed by atoms with van der Waals surface area (Å²) in [6.45, 7) is 1.78. The van der Waals surface area contributed by atoms with Crippen LogP contribution >= 0.6 is 0 Å². The number of hydrogen-bond acceptors (Lipinski definition) is 5. The zero-order valence-electron chi connectivity index (χ0n) is 16.8. The fraction of sp³-hybridized carbons (Fsp3) is 0.304. The molecular formula is C23H24N2O4S. The minimum atomic E-state index is -3.30. The summed E-state index contributed by atoms with van der Waals surface area (Å²) in [6, 6.07) is 15.9. The van der Waals surface area contributed by atoms with Gasteiger partial charge in [-0.15, -0.1) is 0 Å². The summed E-state index contributed by atoms with van der Waals surface area (Å²) in [7, 11) is -3.30. The zero-order valence-corrected chi connectivity index (χ0v) is 17.6. The van der Waals surface area contributed by atoms with Crippen molar-refractivity contribution in [3.8, 4) is 11.5 Å². The van der Waals surface area contributed by atoms with Crippen LogP contribution < -0.4 is 5.32 Å². The van der Waals surface area contributed by atoms with Crippen LogP contribution in [0.2, 0.25) is 0 Å². The Morgan fingerprint density at radius 2 is 1.73 bits per heavy atom. The van der Waals surface area contributed by atoms with Gasteiger partial charge in [0, 0.05) is 11.3 Å². The Morgan fingerprint density at radius 3 is 2.40 bits per heavy atom. The van der Waals surface area contributed by atoms with Crippen LogP contribution in [0.15, 0.2) is 63.9 Å². The second-order valence-corrected chi connectivity index (χ2v) is 9.82. The van der Waals surface area contributed by atoms with Crippen LogP contribution in [0.25, 0.3) is 11.5 Å². The third-order valence-electron chi connectivity index (χ3n) is 5.45. The number of carbonyl (C=O) groups is 1. The van der Waals surface area contributed by atoms with E-state index in [0.717, 1.165) is 31.2 Å². The minimum absolute atomic E-state index is 0.0737. The topological polar surface area (TPSA) is 89.3 Å². The van der Waals surface area contributed by atoms with Crippen LogP contribution in [0.4, 0.5) is 5.69 Å². The molecule has 0 saturated heterocycles. The number of nitrogens with one attached hydrogen (secondary N) is 1. The molecule has 1 heterocycles. The van der Waals surface area contributed by atoms with E-state index < -0.39 is 9.84 Å². The van der Waals surface area contributed by atoms with Gasteiger partial charge in [-0.05, 0) is 56.2 Å². The smallest absolute Gasteiger partial charge is 0.230 e. The number of hydrogen-bond donors (Lipinski definition) is 1. The fourth-order valence-electron chi connectivity index (χ4n) is 3.77. The Bertz CT molecular complexity index is 1130. The van der Waals surface area contributed by atoms with Crippen molar-refractivity contribution < 1.29 is 17.6 Å². The largest absolute Gasteiger partial charge is 0.441 e. The van der Waals surface area contributed by atoms with E-state index in [4.69, 9.17) is 4.42 Å². The summed E-state index contributed by atoms with van der Waals surface area (Å²) in [6.07, 6.45) is 3.45. The predicted molar refractivity (Wildman–Crippen MR) is 115 cm³/mol. The molecule has 3 aromatic rings. The lowest BCUT2D eigenvalue weighted by molar-refractivity contribution is -0.115. The molecule has 4 rings (SSSR count). The van der Waals surface area contributed by atoms with Gasteiger partial charge in [0.25, 0.3) is 0 Å². The Hall–Kier alpha value is -2.93. The maximum Gasteiger partial charge on any atom is 0.230 e. The summed E-state index contributed by atoms with van der Waals surface area (Å²) < 4.78 is 31.0. The van der Waals surface area contributed by atoms with Gasteiger partial charge in [-0.3, -0.25) is 4.79 Å². The van der Waals surface area contributed by atoms with E-state index in [1.807, 2.05) is 30.3 Å². The maximum atomic E-state index is 12.7. The lowest BCUT2D eigenvalue weighted by atomic mass is 10.2. The number of carbonyl (C=O) groups excluding carboxylic acids is 1. The number of aromatic nitrogens is 1. The van der Waals surface area contributed by atoms with Crippen molar-refractivity contribution in [2.45, 2.75) is 49.2 Å². The second kappa shape index (κ2) is 8.44. The average molecular weight is 425 g/mol. The first kappa shape index (κ1) is 20.3. The molecule has 0 radical (unpaired) electrons. The van der Waals surface area contributed by atoms with E-state index in [1.165, 1.54) is 0 Å². The predicted octanol–water partition coefficient (Wildman–Crippen LogP) is 4.55. The lowest BCUT2D eigenvalue weighted by Gasteiger charge is -2.12. The quantitative estimate of drug-likeness (QED) is 0.627. The molecule has 30 heavy (non-hydrogen) atoms. The molecule has 0 unspecified atom stereocenters. The Labute approximate surface area is 176 Å². The summed E-state index contributed by atoms with van der Waals surface area (Å²) >= 11 is 0. The van der Waals surface area contributed by atoms with Crippen molar-refractivity contribution in [3.05, 3.63) is 66.1 Å². The number of amides is 1. The van der Waals surface area contributed by atoms with E-state index in [0.29, 0.717) is 27.9 Å². The van der Waals surface area contributed by atoms with E-state index in [9.17, 15) is 13.2 Å². The van der Waals surface area contributed by atoms with Gasteiger partial charge in [0.05, 0.1) is 22.3 Å². The van der Waals surface area contributed by atoms with Crippen molar-refractivity contribution in [2.24, 2.45) is 0 Å². The van der Waals surface area contributed by atoms with Crippen LogP contribution in [-0.2, 0) is 21.1 Å². The number of aryl methyl sites for hydroxylation is 1. The molecule has 1 amide bonds. The lowest BCUT2D eigenvalue weighted by Crippen LogP contribution is -2.18. The van der Waals surface area contributed by atoms with Gasteiger partial charge in [0.2, 0.25) is 11.8 Å². The molecule has 156 valence electrons. The van der Waals surface area contributed by atoms with Crippen molar-refractivity contribution in [3.63, 3.8) is 0 Å². The molecule has 2 aromatic carbocycles. The van der Waals surface area contributed by atoms with Gasteiger partial charge in [0.15, 0.2) is 9.84 Å². The molecule has 6 nitrogen and oxygen atoms in total. The standard InChI is InChI=1S/C23H24N2O4S/c1-16-21(25-23(29-16)17-7-3-2-4-8-17)15-22(26)24-18-11-13-20(14-12-18)30(27,28)19-9-5-6-10-19/h2-4,7-8,11-14,19H,5-6,9-10,15H2,1H3,(H,24,26). The second-order valence-electron chi connectivity index (χ2n) is 7.59. The van der Waals surface area contributed by atoms with Crippen molar-refractivity contribution >= 4 is 21.4 Å². The summed E-state index contributed by atoms with van der Waals surface area (Å²) in [5.41, 5.74) is 1.98. The van der Waals surface area contributed by atoms with Gasteiger partial charge >= 0.3 is 0 Å². The highest BCUT2D eigenvalue weighted by Gasteiger charge is 2.30. The monoisotopic (exact) mass is 424 g/mol. The third kappa shape index (κ3) is 4.31. The van der Waals surface area contributed by atoms with Crippen LogP contribution in [0.3, 0.4) is 0 Å². The fourth-order valence-corrected chi connectivity index (χ4v) is 5.63. The van der Waals surface area contributed by atoms with Gasteiger partial charge in [-0.25, -0.2) is 13.4 Å². The number of sulfone groups is 1. The van der Waals surface area contributed by atoms with Gasteiger partial charge in [0.1, 0.15) is 5.76 Å². The Balaban J connectivity index is 1.42. The minimum Gasteiger partial charge on any atom is -0.441 e. The first-order chi connectivity index (χ1) is 14.4. The Morgan fingerprint density at radius 1 is 1.07 bits per heavy atom. The number of benzene rings is 2. The molecule has 1 aromatic heterocycles. The summed E-state index contributed by atoms with van der Waals surface area (Å²) in [4.78, 5) is 17.2. The molecule has 7 heteroatoms. The molecule has 1 fully saturated rings. The molecule has 1 N–H and O–H groups in total. The Kier molecular flexibility index (Phi) is 5.72. The van der Waals surface area contributed by atoms with E-state index >= 15 is 0 Å². The first-order valence-electron chi connectivity index (χ1n) is 10.1. The average Bonchev–Trinajstić information content (AvgIpc) is 3.40. The molecule has 1 aliphatic carbocycles. The third-order valence-corrected chi connectivity index (χ3v) is 7.73. The number of oxazole rings is 1. The van der Waals surface area contributed by atoms with Crippen LogP contribution in [0, 0.1) is 6.92 Å². The van der Waals surface area contributed by atoms with Crippen LogP contribution in [0.1, 0.15) is 37.1 Å². The van der Waals surface area contributed by atoms with Crippen molar-refractivity contribution in [1.82, 2.24) is 4.98 Å². The van der Waals surface area contributed by atoms with E-state index in [1.54, 1.807) is 31.2 Å². The van der Waals surface area contributed by atoms with Crippen LogP contribution in [0.5, 0.6) is 0 Å². The SMILES string of the molecule is Cc1oc(-c2ccccc2)nc1CC(=O)Nc1ccc(S(=O)(=O)C2CCCC2)cc1. The highest BCUT2D eigenvalue weighted by molar-refractivity contribution is 7.92. The molecular weight excluding hydrogens is 400 g/mol. The summed E-state index contributed by atoms with van der Waals surface area (Å²) in [5.74, 6) is 0.844. The van der Waals surface area contributed by atoms with Crippen molar-refractivity contribution in [1.29, 1.82) is 0 Å². The number of rotatable bonds is 6. The molecule has 0 spiro atoms. The highest BCUT2D eigenvalue weighted by Crippen LogP contribution is 2.30. The van der Waals surface area contributed by atoms with E-state index in [-0.39, 0.29) is 17.6 Å².